The van der Waals surface area contributed by atoms with Crippen LogP contribution >= 0.6 is 0 Å². The molecule has 2 unspecified atom stereocenters. The molecule has 1 aliphatic rings. The SMILES string of the molecule is COc1cc(C(c2ccc(OCc3ccccc3)cc2)N2CCCCC2C(=O)O)cc(OC)c1OC. The van der Waals surface area contributed by atoms with Gasteiger partial charge in [0.05, 0.1) is 27.4 Å². The lowest BCUT2D eigenvalue weighted by Gasteiger charge is -2.40. The number of rotatable bonds is 10. The number of carboxylic acids is 1. The zero-order chi connectivity index (χ0) is 25.5. The van der Waals surface area contributed by atoms with E-state index < -0.39 is 12.0 Å². The Morgan fingerprint density at radius 1 is 0.917 bits per heavy atom. The Morgan fingerprint density at radius 3 is 2.17 bits per heavy atom. The lowest BCUT2D eigenvalue weighted by molar-refractivity contribution is -0.145. The van der Waals surface area contributed by atoms with Crippen LogP contribution in [0.3, 0.4) is 0 Å². The molecule has 190 valence electrons. The maximum atomic E-state index is 12.2. The van der Waals surface area contributed by atoms with Gasteiger partial charge in [-0.25, -0.2) is 0 Å². The van der Waals surface area contributed by atoms with Crippen LogP contribution in [0.15, 0.2) is 66.7 Å². The summed E-state index contributed by atoms with van der Waals surface area (Å²) in [5, 5.41) is 10.0. The van der Waals surface area contributed by atoms with E-state index >= 15 is 0 Å². The van der Waals surface area contributed by atoms with Crippen molar-refractivity contribution in [3.8, 4) is 23.0 Å². The van der Waals surface area contributed by atoms with Gasteiger partial charge >= 0.3 is 5.97 Å². The van der Waals surface area contributed by atoms with Crippen molar-refractivity contribution in [3.05, 3.63) is 83.4 Å². The lowest BCUT2D eigenvalue weighted by atomic mass is 9.91. The number of carboxylic acid groups (broad SMARTS) is 1. The normalized spacial score (nSPS) is 16.7. The molecule has 2 atom stereocenters. The third-order valence-corrected chi connectivity index (χ3v) is 6.61. The van der Waals surface area contributed by atoms with Crippen molar-refractivity contribution in [1.82, 2.24) is 4.90 Å². The van der Waals surface area contributed by atoms with Gasteiger partial charge in [0.15, 0.2) is 11.5 Å². The lowest BCUT2D eigenvalue weighted by Crippen LogP contribution is -2.46. The summed E-state index contributed by atoms with van der Waals surface area (Å²) in [5.41, 5.74) is 2.93. The molecule has 0 amide bonds. The number of hydrogen-bond donors (Lipinski definition) is 1. The van der Waals surface area contributed by atoms with Gasteiger partial charge in [-0.1, -0.05) is 48.9 Å². The van der Waals surface area contributed by atoms with E-state index in [0.717, 1.165) is 35.3 Å². The molecule has 0 aliphatic carbocycles. The molecular weight excluding hydrogens is 458 g/mol. The fourth-order valence-corrected chi connectivity index (χ4v) is 4.85. The number of aliphatic carboxylic acids is 1. The first kappa shape index (κ1) is 25.4. The van der Waals surface area contributed by atoms with E-state index in [4.69, 9.17) is 18.9 Å². The van der Waals surface area contributed by atoms with E-state index in [9.17, 15) is 9.90 Å². The average Bonchev–Trinajstić information content (AvgIpc) is 2.92. The van der Waals surface area contributed by atoms with Crippen LogP contribution < -0.4 is 18.9 Å². The highest BCUT2D eigenvalue weighted by molar-refractivity contribution is 5.74. The smallest absolute Gasteiger partial charge is 0.320 e. The van der Waals surface area contributed by atoms with Crippen LogP contribution in [0.2, 0.25) is 0 Å². The second kappa shape index (κ2) is 11.8. The Labute approximate surface area is 212 Å². The fourth-order valence-electron chi connectivity index (χ4n) is 4.85. The summed E-state index contributed by atoms with van der Waals surface area (Å²) in [6.07, 6.45) is 2.43. The topological polar surface area (TPSA) is 77.5 Å². The zero-order valence-corrected chi connectivity index (χ0v) is 21.0. The first-order chi connectivity index (χ1) is 17.5. The van der Waals surface area contributed by atoms with Crippen molar-refractivity contribution in [1.29, 1.82) is 0 Å². The van der Waals surface area contributed by atoms with Crippen LogP contribution in [0, 0.1) is 0 Å². The number of methoxy groups -OCH3 is 3. The molecule has 1 heterocycles. The number of hydrogen-bond acceptors (Lipinski definition) is 6. The molecular formula is C29H33NO6. The summed E-state index contributed by atoms with van der Waals surface area (Å²) in [6.45, 7) is 1.15. The summed E-state index contributed by atoms with van der Waals surface area (Å²) >= 11 is 0. The van der Waals surface area contributed by atoms with Gasteiger partial charge in [0.25, 0.3) is 0 Å². The van der Waals surface area contributed by atoms with Crippen molar-refractivity contribution in [3.63, 3.8) is 0 Å². The van der Waals surface area contributed by atoms with Gasteiger partial charge < -0.3 is 24.1 Å². The zero-order valence-electron chi connectivity index (χ0n) is 21.0. The first-order valence-electron chi connectivity index (χ1n) is 12.1. The minimum absolute atomic E-state index is 0.316. The van der Waals surface area contributed by atoms with Crippen molar-refractivity contribution in [2.24, 2.45) is 0 Å². The standard InChI is InChI=1S/C29H33NO6/c1-33-25-17-22(18-26(34-2)28(25)35-3)27(30-16-8-7-11-24(30)29(31)32)21-12-14-23(15-13-21)36-19-20-9-5-4-6-10-20/h4-6,9-10,12-15,17-18,24,27H,7-8,11,16,19H2,1-3H3,(H,31,32). The molecule has 3 aromatic rings. The van der Waals surface area contributed by atoms with Crippen molar-refractivity contribution in [2.75, 3.05) is 27.9 Å². The molecule has 1 aliphatic heterocycles. The fraction of sp³-hybridized carbons (Fsp3) is 0.345. The molecule has 0 radical (unpaired) electrons. The van der Waals surface area contributed by atoms with Crippen LogP contribution in [0.25, 0.3) is 0 Å². The van der Waals surface area contributed by atoms with E-state index in [1.807, 2.05) is 66.7 Å². The molecule has 1 saturated heterocycles. The van der Waals surface area contributed by atoms with Gasteiger partial charge in [-0.05, 0) is 60.3 Å². The Balaban J connectivity index is 1.71. The van der Waals surface area contributed by atoms with Crippen molar-refractivity contribution in [2.45, 2.75) is 38.0 Å². The van der Waals surface area contributed by atoms with E-state index in [0.29, 0.717) is 36.8 Å². The predicted octanol–water partition coefficient (Wildman–Crippen LogP) is 5.32. The third-order valence-electron chi connectivity index (χ3n) is 6.61. The highest BCUT2D eigenvalue weighted by Gasteiger charge is 2.36. The van der Waals surface area contributed by atoms with Gasteiger partial charge in [-0.2, -0.15) is 0 Å². The van der Waals surface area contributed by atoms with Crippen LogP contribution in [-0.2, 0) is 11.4 Å². The molecule has 0 bridgehead atoms. The maximum absolute atomic E-state index is 12.2. The molecule has 0 spiro atoms. The van der Waals surface area contributed by atoms with E-state index in [1.165, 1.54) is 0 Å². The summed E-state index contributed by atoms with van der Waals surface area (Å²) < 4.78 is 22.7. The first-order valence-corrected chi connectivity index (χ1v) is 12.1. The number of carbonyl (C=O) groups is 1. The van der Waals surface area contributed by atoms with Gasteiger partial charge in [-0.3, -0.25) is 9.69 Å². The number of piperidine rings is 1. The molecule has 7 heteroatoms. The molecule has 4 rings (SSSR count). The Bertz CT molecular complexity index is 1120. The summed E-state index contributed by atoms with van der Waals surface area (Å²) in [4.78, 5) is 14.3. The highest BCUT2D eigenvalue weighted by Crippen LogP contribution is 2.43. The second-order valence-electron chi connectivity index (χ2n) is 8.79. The quantitative estimate of drug-likeness (QED) is 0.411. The summed E-state index contributed by atoms with van der Waals surface area (Å²) in [7, 11) is 4.72. The van der Waals surface area contributed by atoms with Crippen LogP contribution in [0.1, 0.15) is 42.0 Å². The Kier molecular flexibility index (Phi) is 8.33. The van der Waals surface area contributed by atoms with E-state index in [1.54, 1.807) is 21.3 Å². The van der Waals surface area contributed by atoms with Crippen LogP contribution in [0.4, 0.5) is 0 Å². The molecule has 3 aromatic carbocycles. The van der Waals surface area contributed by atoms with Crippen molar-refractivity contribution >= 4 is 5.97 Å². The van der Waals surface area contributed by atoms with Crippen molar-refractivity contribution < 1.29 is 28.8 Å². The van der Waals surface area contributed by atoms with Crippen LogP contribution in [-0.4, -0.2) is 49.9 Å². The number of ether oxygens (including phenoxy) is 4. The predicted molar refractivity (Wildman–Crippen MR) is 137 cm³/mol. The molecule has 1 fully saturated rings. The molecule has 0 saturated carbocycles. The Hall–Kier alpha value is -3.71. The monoisotopic (exact) mass is 491 g/mol. The van der Waals surface area contributed by atoms with E-state index in [-0.39, 0.29) is 6.04 Å². The minimum Gasteiger partial charge on any atom is -0.493 e. The minimum atomic E-state index is -0.810. The van der Waals surface area contributed by atoms with Gasteiger partial charge in [0, 0.05) is 0 Å². The largest absolute Gasteiger partial charge is 0.493 e. The summed E-state index contributed by atoms with van der Waals surface area (Å²) in [5.74, 6) is 1.50. The Morgan fingerprint density at radius 2 is 1.58 bits per heavy atom. The number of nitrogens with zero attached hydrogens (tertiary/aromatic N) is 1. The highest BCUT2D eigenvalue weighted by atomic mass is 16.5. The van der Waals surface area contributed by atoms with Gasteiger partial charge in [-0.15, -0.1) is 0 Å². The number of benzene rings is 3. The average molecular weight is 492 g/mol. The molecule has 7 nitrogen and oxygen atoms in total. The second-order valence-corrected chi connectivity index (χ2v) is 8.79. The number of likely N-dealkylation sites (tertiary alicyclic amines) is 1. The molecule has 1 N–H and O–H groups in total. The van der Waals surface area contributed by atoms with Gasteiger partial charge in [0.1, 0.15) is 18.4 Å². The van der Waals surface area contributed by atoms with Gasteiger partial charge in [0.2, 0.25) is 5.75 Å². The summed E-state index contributed by atoms with van der Waals surface area (Å²) in [6, 6.07) is 20.8. The molecule has 0 aromatic heterocycles. The third kappa shape index (κ3) is 5.57. The molecule has 36 heavy (non-hydrogen) atoms. The van der Waals surface area contributed by atoms with Crippen LogP contribution in [0.5, 0.6) is 23.0 Å². The van der Waals surface area contributed by atoms with E-state index in [2.05, 4.69) is 4.90 Å². The maximum Gasteiger partial charge on any atom is 0.320 e.